The van der Waals surface area contributed by atoms with E-state index in [-0.39, 0.29) is 11.5 Å². The van der Waals surface area contributed by atoms with E-state index in [1.165, 1.54) is 12.1 Å². The van der Waals surface area contributed by atoms with Gasteiger partial charge in [-0.05, 0) is 18.2 Å². The molecule has 5 heteroatoms. The van der Waals surface area contributed by atoms with E-state index in [1.54, 1.807) is 6.07 Å². The van der Waals surface area contributed by atoms with E-state index in [2.05, 4.69) is 15.9 Å². The Balaban J connectivity index is 2.39. The number of alkyl halides is 1. The predicted octanol–water partition coefficient (Wildman–Crippen LogP) is 4.79. The Morgan fingerprint density at radius 2 is 1.78 bits per heavy atom. The summed E-state index contributed by atoms with van der Waals surface area (Å²) in [6.45, 7) is 0. The molecule has 0 amide bonds. The predicted molar refractivity (Wildman–Crippen MR) is 65.5 cm³/mol. The van der Waals surface area contributed by atoms with Crippen LogP contribution in [0.1, 0.15) is 5.56 Å². The van der Waals surface area contributed by atoms with E-state index in [1.807, 2.05) is 0 Å². The number of hydrogen-bond acceptors (Lipinski definition) is 1. The molecule has 0 atom stereocenters. The molecule has 0 fully saturated rings. The fraction of sp³-hybridized carbons (Fsp3) is 0.0769. The molecular formula is C13H8BrF3O. The third kappa shape index (κ3) is 2.67. The molecule has 0 aliphatic heterocycles. The number of rotatable bonds is 3. The third-order valence-corrected chi connectivity index (χ3v) is 2.90. The van der Waals surface area contributed by atoms with E-state index in [0.717, 1.165) is 12.1 Å². The normalized spacial score (nSPS) is 10.4. The SMILES string of the molecule is Fc1ccc(Oc2c(F)cccc2CBr)c(F)c1. The van der Waals surface area contributed by atoms with Gasteiger partial charge in [0.25, 0.3) is 0 Å². The van der Waals surface area contributed by atoms with Gasteiger partial charge in [-0.15, -0.1) is 0 Å². The van der Waals surface area contributed by atoms with Crippen LogP contribution >= 0.6 is 15.9 Å². The molecule has 0 spiro atoms. The van der Waals surface area contributed by atoms with Gasteiger partial charge in [0.05, 0.1) is 0 Å². The Morgan fingerprint density at radius 3 is 2.44 bits per heavy atom. The highest BCUT2D eigenvalue weighted by Crippen LogP contribution is 2.31. The summed E-state index contributed by atoms with van der Waals surface area (Å²) in [4.78, 5) is 0. The minimum atomic E-state index is -0.876. The van der Waals surface area contributed by atoms with E-state index in [4.69, 9.17) is 4.74 Å². The van der Waals surface area contributed by atoms with E-state index in [9.17, 15) is 13.2 Å². The Morgan fingerprint density at radius 1 is 1.00 bits per heavy atom. The maximum Gasteiger partial charge on any atom is 0.168 e. The zero-order valence-corrected chi connectivity index (χ0v) is 10.7. The maximum atomic E-state index is 13.6. The highest BCUT2D eigenvalue weighted by molar-refractivity contribution is 9.08. The second-order valence-corrected chi connectivity index (χ2v) is 4.10. The summed E-state index contributed by atoms with van der Waals surface area (Å²) in [5, 5.41) is 0.364. The summed E-state index contributed by atoms with van der Waals surface area (Å²) in [7, 11) is 0. The van der Waals surface area contributed by atoms with Crippen molar-refractivity contribution in [2.24, 2.45) is 0 Å². The molecule has 2 rings (SSSR count). The summed E-state index contributed by atoms with van der Waals surface area (Å²) >= 11 is 3.19. The highest BCUT2D eigenvalue weighted by atomic mass is 79.9. The van der Waals surface area contributed by atoms with Gasteiger partial charge in [-0.1, -0.05) is 28.1 Å². The molecule has 0 saturated heterocycles. The van der Waals surface area contributed by atoms with Crippen molar-refractivity contribution >= 4 is 15.9 Å². The quantitative estimate of drug-likeness (QED) is 0.740. The van der Waals surface area contributed by atoms with Crippen LogP contribution in [0.2, 0.25) is 0 Å². The topological polar surface area (TPSA) is 9.23 Å². The molecule has 1 nitrogen and oxygen atoms in total. The molecule has 0 aliphatic carbocycles. The monoisotopic (exact) mass is 316 g/mol. The zero-order valence-electron chi connectivity index (χ0n) is 9.09. The van der Waals surface area contributed by atoms with Crippen molar-refractivity contribution in [1.29, 1.82) is 0 Å². The summed E-state index contributed by atoms with van der Waals surface area (Å²) in [5.74, 6) is -2.48. The number of ether oxygens (including phenoxy) is 1. The van der Waals surface area contributed by atoms with Gasteiger partial charge in [-0.2, -0.15) is 0 Å². The number of benzene rings is 2. The molecule has 2 aromatic rings. The van der Waals surface area contributed by atoms with Crippen molar-refractivity contribution < 1.29 is 17.9 Å². The van der Waals surface area contributed by atoms with Crippen molar-refractivity contribution in [3.8, 4) is 11.5 Å². The van der Waals surface area contributed by atoms with Gasteiger partial charge in [-0.3, -0.25) is 0 Å². The molecule has 0 radical (unpaired) electrons. The summed E-state index contributed by atoms with van der Waals surface area (Å²) in [5.41, 5.74) is 0.540. The molecule has 0 unspecified atom stereocenters. The Kier molecular flexibility index (Phi) is 3.91. The lowest BCUT2D eigenvalue weighted by atomic mass is 10.2. The van der Waals surface area contributed by atoms with Crippen molar-refractivity contribution in [3.63, 3.8) is 0 Å². The van der Waals surface area contributed by atoms with Gasteiger partial charge in [0, 0.05) is 17.0 Å². The first-order chi connectivity index (χ1) is 8.61. The van der Waals surface area contributed by atoms with Crippen LogP contribution < -0.4 is 4.74 Å². The van der Waals surface area contributed by atoms with Crippen LogP contribution in [0, 0.1) is 17.5 Å². The smallest absolute Gasteiger partial charge is 0.168 e. The number of para-hydroxylation sites is 1. The molecule has 94 valence electrons. The van der Waals surface area contributed by atoms with Gasteiger partial charge in [-0.25, -0.2) is 13.2 Å². The van der Waals surface area contributed by atoms with Gasteiger partial charge >= 0.3 is 0 Å². The van der Waals surface area contributed by atoms with Gasteiger partial charge in [0.1, 0.15) is 5.82 Å². The summed E-state index contributed by atoms with van der Waals surface area (Å²) in [6, 6.07) is 7.24. The molecule has 0 heterocycles. The molecule has 0 N–H and O–H groups in total. The van der Waals surface area contributed by atoms with Crippen molar-refractivity contribution in [2.45, 2.75) is 5.33 Å². The van der Waals surface area contributed by atoms with E-state index < -0.39 is 17.5 Å². The fourth-order valence-electron chi connectivity index (χ4n) is 1.44. The van der Waals surface area contributed by atoms with Gasteiger partial charge in [0.2, 0.25) is 0 Å². The van der Waals surface area contributed by atoms with Crippen molar-refractivity contribution in [1.82, 2.24) is 0 Å². The van der Waals surface area contributed by atoms with Crippen LogP contribution in [0.5, 0.6) is 11.5 Å². The molecular weight excluding hydrogens is 309 g/mol. The highest BCUT2D eigenvalue weighted by Gasteiger charge is 2.13. The Labute approximate surface area is 110 Å². The van der Waals surface area contributed by atoms with Gasteiger partial charge < -0.3 is 4.74 Å². The maximum absolute atomic E-state index is 13.6. The Bertz CT molecular complexity index is 572. The summed E-state index contributed by atoms with van der Waals surface area (Å²) in [6.07, 6.45) is 0. The van der Waals surface area contributed by atoms with Crippen molar-refractivity contribution in [3.05, 3.63) is 59.4 Å². The first-order valence-electron chi connectivity index (χ1n) is 5.08. The zero-order chi connectivity index (χ0) is 13.1. The summed E-state index contributed by atoms with van der Waals surface area (Å²) < 4.78 is 44.9. The van der Waals surface area contributed by atoms with Crippen LogP contribution in [0.25, 0.3) is 0 Å². The molecule has 0 aliphatic rings. The second-order valence-electron chi connectivity index (χ2n) is 3.54. The molecule has 18 heavy (non-hydrogen) atoms. The fourth-order valence-corrected chi connectivity index (χ4v) is 1.88. The molecule has 2 aromatic carbocycles. The minimum absolute atomic E-state index is 0.0696. The lowest BCUT2D eigenvalue weighted by molar-refractivity contribution is 0.409. The molecule has 0 saturated carbocycles. The second kappa shape index (κ2) is 5.44. The molecule has 0 bridgehead atoms. The standard InChI is InChI=1S/C13H8BrF3O/c14-7-8-2-1-3-10(16)13(8)18-12-5-4-9(15)6-11(12)17/h1-6H,7H2. The Hall–Kier alpha value is -1.49. The first-order valence-corrected chi connectivity index (χ1v) is 6.20. The van der Waals surface area contributed by atoms with E-state index in [0.29, 0.717) is 17.0 Å². The lowest BCUT2D eigenvalue weighted by Crippen LogP contribution is -1.95. The third-order valence-electron chi connectivity index (χ3n) is 2.30. The van der Waals surface area contributed by atoms with Crippen LogP contribution in [-0.4, -0.2) is 0 Å². The first kappa shape index (κ1) is 13.0. The van der Waals surface area contributed by atoms with Gasteiger partial charge in [0.15, 0.2) is 23.1 Å². The average Bonchev–Trinajstić information content (AvgIpc) is 2.34. The number of halogens is 4. The van der Waals surface area contributed by atoms with Crippen molar-refractivity contribution in [2.75, 3.05) is 0 Å². The average molecular weight is 317 g/mol. The van der Waals surface area contributed by atoms with E-state index >= 15 is 0 Å². The van der Waals surface area contributed by atoms with Crippen LogP contribution in [0.3, 0.4) is 0 Å². The minimum Gasteiger partial charge on any atom is -0.451 e. The van der Waals surface area contributed by atoms with Crippen LogP contribution in [0.15, 0.2) is 36.4 Å². The van der Waals surface area contributed by atoms with Crippen LogP contribution in [-0.2, 0) is 5.33 Å². The van der Waals surface area contributed by atoms with Crippen LogP contribution in [0.4, 0.5) is 13.2 Å². The number of hydrogen-bond donors (Lipinski definition) is 0. The lowest BCUT2D eigenvalue weighted by Gasteiger charge is -2.11. The largest absolute Gasteiger partial charge is 0.451 e. The molecule has 0 aromatic heterocycles.